The molecule has 0 amide bonds. The number of halogens is 1. The third-order valence-corrected chi connectivity index (χ3v) is 6.33. The predicted molar refractivity (Wildman–Crippen MR) is 124 cm³/mol. The van der Waals surface area contributed by atoms with E-state index in [9.17, 15) is 4.39 Å². The molecule has 2 saturated heterocycles. The Morgan fingerprint density at radius 1 is 0.968 bits per heavy atom. The molecule has 2 aliphatic heterocycles. The van der Waals surface area contributed by atoms with Gasteiger partial charge in [0.05, 0.1) is 12.3 Å². The van der Waals surface area contributed by atoms with Gasteiger partial charge < -0.3 is 10.0 Å². The SMILES string of the molecule is OCCC#Cc1ccc(CN2CCC[C@@H](N3CCN(c4ccccc4F)CC3)C2)cc1. The highest BCUT2D eigenvalue weighted by Gasteiger charge is 2.28. The van der Waals surface area contributed by atoms with Crippen molar-refractivity contribution >= 4 is 5.69 Å². The molecule has 2 aliphatic rings. The van der Waals surface area contributed by atoms with Gasteiger partial charge in [0, 0.05) is 57.3 Å². The predicted octanol–water partition coefficient (Wildman–Crippen LogP) is 3.35. The van der Waals surface area contributed by atoms with Crippen LogP contribution in [-0.2, 0) is 6.54 Å². The Labute approximate surface area is 185 Å². The van der Waals surface area contributed by atoms with Crippen LogP contribution in [0.4, 0.5) is 10.1 Å². The molecule has 2 fully saturated rings. The van der Waals surface area contributed by atoms with Crippen LogP contribution in [0.1, 0.15) is 30.4 Å². The first-order valence-electron chi connectivity index (χ1n) is 11.4. The van der Waals surface area contributed by atoms with E-state index in [2.05, 4.69) is 50.8 Å². The summed E-state index contributed by atoms with van der Waals surface area (Å²) in [5, 5.41) is 8.83. The monoisotopic (exact) mass is 421 g/mol. The summed E-state index contributed by atoms with van der Waals surface area (Å²) in [7, 11) is 0. The molecule has 0 aliphatic carbocycles. The number of rotatable bonds is 5. The molecule has 2 aromatic rings. The number of anilines is 1. The molecule has 0 aromatic heterocycles. The van der Waals surface area contributed by atoms with Crippen LogP contribution in [-0.4, -0.2) is 66.8 Å². The summed E-state index contributed by atoms with van der Waals surface area (Å²) in [4.78, 5) is 7.34. The highest BCUT2D eigenvalue weighted by molar-refractivity contribution is 5.48. The molecule has 2 heterocycles. The number of aliphatic hydroxyl groups excluding tert-OH is 1. The molecule has 4 nitrogen and oxygen atoms in total. The van der Waals surface area contributed by atoms with Gasteiger partial charge in [-0.2, -0.15) is 0 Å². The Morgan fingerprint density at radius 2 is 1.74 bits per heavy atom. The van der Waals surface area contributed by atoms with Gasteiger partial charge in [0.25, 0.3) is 0 Å². The fourth-order valence-electron chi connectivity index (χ4n) is 4.68. The van der Waals surface area contributed by atoms with Crippen LogP contribution in [0.5, 0.6) is 0 Å². The molecule has 4 rings (SSSR count). The number of piperidine rings is 1. The number of benzene rings is 2. The van der Waals surface area contributed by atoms with Gasteiger partial charge in [0.2, 0.25) is 0 Å². The average molecular weight is 422 g/mol. The van der Waals surface area contributed by atoms with Gasteiger partial charge in [-0.15, -0.1) is 0 Å². The van der Waals surface area contributed by atoms with E-state index in [0.717, 1.165) is 57.1 Å². The van der Waals surface area contributed by atoms with Gasteiger partial charge in [-0.25, -0.2) is 4.39 Å². The third-order valence-electron chi connectivity index (χ3n) is 6.33. The summed E-state index contributed by atoms with van der Waals surface area (Å²) >= 11 is 0. The molecule has 1 N–H and O–H groups in total. The maximum absolute atomic E-state index is 14.1. The summed E-state index contributed by atoms with van der Waals surface area (Å²) < 4.78 is 14.1. The maximum atomic E-state index is 14.1. The smallest absolute Gasteiger partial charge is 0.146 e. The highest BCUT2D eigenvalue weighted by Crippen LogP contribution is 2.23. The molecule has 5 heteroatoms. The van der Waals surface area contributed by atoms with Crippen molar-refractivity contribution in [2.75, 3.05) is 50.8 Å². The first kappa shape index (κ1) is 21.8. The van der Waals surface area contributed by atoms with Crippen LogP contribution in [0.25, 0.3) is 0 Å². The van der Waals surface area contributed by atoms with E-state index in [0.29, 0.717) is 12.5 Å². The molecule has 0 saturated carbocycles. The second-order valence-corrected chi connectivity index (χ2v) is 8.48. The number of likely N-dealkylation sites (tertiary alicyclic amines) is 1. The number of nitrogens with zero attached hydrogens (tertiary/aromatic N) is 3. The Bertz CT molecular complexity index is 897. The normalized spacial score (nSPS) is 20.3. The van der Waals surface area contributed by atoms with E-state index in [1.807, 2.05) is 12.1 Å². The van der Waals surface area contributed by atoms with Crippen molar-refractivity contribution in [2.45, 2.75) is 31.8 Å². The number of piperazine rings is 1. The van der Waals surface area contributed by atoms with E-state index in [1.165, 1.54) is 18.4 Å². The fourth-order valence-corrected chi connectivity index (χ4v) is 4.68. The van der Waals surface area contributed by atoms with Crippen molar-refractivity contribution in [3.05, 3.63) is 65.5 Å². The zero-order valence-corrected chi connectivity index (χ0v) is 18.1. The fraction of sp³-hybridized carbons (Fsp3) is 0.462. The van der Waals surface area contributed by atoms with Crippen molar-refractivity contribution in [3.63, 3.8) is 0 Å². The topological polar surface area (TPSA) is 30.0 Å². The van der Waals surface area contributed by atoms with Crippen LogP contribution >= 0.6 is 0 Å². The van der Waals surface area contributed by atoms with Crippen LogP contribution in [0.3, 0.4) is 0 Å². The van der Waals surface area contributed by atoms with Gasteiger partial charge in [-0.05, 0) is 49.2 Å². The molecule has 1 atom stereocenters. The Morgan fingerprint density at radius 3 is 2.48 bits per heavy atom. The third kappa shape index (κ3) is 5.86. The second-order valence-electron chi connectivity index (χ2n) is 8.48. The highest BCUT2D eigenvalue weighted by atomic mass is 19.1. The maximum Gasteiger partial charge on any atom is 0.146 e. The first-order valence-corrected chi connectivity index (χ1v) is 11.4. The molecule has 0 bridgehead atoms. The molecule has 0 unspecified atom stereocenters. The molecule has 164 valence electrons. The van der Waals surface area contributed by atoms with Crippen LogP contribution in [0, 0.1) is 17.7 Å². The zero-order valence-electron chi connectivity index (χ0n) is 18.1. The van der Waals surface area contributed by atoms with E-state index < -0.39 is 0 Å². The Kier molecular flexibility index (Phi) is 7.58. The summed E-state index contributed by atoms with van der Waals surface area (Å²) in [6, 6.07) is 16.2. The van der Waals surface area contributed by atoms with E-state index in [4.69, 9.17) is 5.11 Å². The average Bonchev–Trinajstić information content (AvgIpc) is 2.81. The molecule has 0 spiro atoms. The van der Waals surface area contributed by atoms with Crippen molar-refractivity contribution < 1.29 is 9.50 Å². The lowest BCUT2D eigenvalue weighted by atomic mass is 10.0. The van der Waals surface area contributed by atoms with Crippen molar-refractivity contribution in [1.82, 2.24) is 9.80 Å². The van der Waals surface area contributed by atoms with E-state index >= 15 is 0 Å². The lowest BCUT2D eigenvalue weighted by Crippen LogP contribution is -2.55. The molecular formula is C26H32FN3O. The van der Waals surface area contributed by atoms with Crippen molar-refractivity contribution in [2.24, 2.45) is 0 Å². The van der Waals surface area contributed by atoms with E-state index in [-0.39, 0.29) is 12.4 Å². The van der Waals surface area contributed by atoms with Gasteiger partial charge in [-0.3, -0.25) is 9.80 Å². The van der Waals surface area contributed by atoms with Gasteiger partial charge in [0.15, 0.2) is 0 Å². The summed E-state index contributed by atoms with van der Waals surface area (Å²) in [6.07, 6.45) is 2.99. The molecular weight excluding hydrogens is 389 g/mol. The number of aliphatic hydroxyl groups is 1. The number of para-hydroxylation sites is 1. The van der Waals surface area contributed by atoms with Crippen LogP contribution in [0.2, 0.25) is 0 Å². The lowest BCUT2D eigenvalue weighted by molar-refractivity contribution is 0.0887. The summed E-state index contributed by atoms with van der Waals surface area (Å²) in [5.74, 6) is 5.94. The minimum Gasteiger partial charge on any atom is -0.395 e. The van der Waals surface area contributed by atoms with Crippen molar-refractivity contribution in [3.8, 4) is 11.8 Å². The minimum absolute atomic E-state index is 0.111. The zero-order chi connectivity index (χ0) is 21.5. The molecule has 31 heavy (non-hydrogen) atoms. The standard InChI is InChI=1S/C26H32FN3O/c27-25-8-1-2-9-26(25)30-17-15-29(16-18-30)24-7-5-14-28(21-24)20-23-12-10-22(11-13-23)6-3-4-19-31/h1-2,8-13,24,31H,4-5,7,14-21H2/t24-/m1/s1. The molecule has 0 radical (unpaired) electrons. The first-order chi connectivity index (χ1) is 15.2. The summed E-state index contributed by atoms with van der Waals surface area (Å²) in [6.45, 7) is 7.07. The van der Waals surface area contributed by atoms with Gasteiger partial charge >= 0.3 is 0 Å². The van der Waals surface area contributed by atoms with Crippen molar-refractivity contribution in [1.29, 1.82) is 0 Å². The quantitative estimate of drug-likeness (QED) is 0.750. The minimum atomic E-state index is -0.120. The lowest BCUT2D eigenvalue weighted by Gasteiger charge is -2.44. The van der Waals surface area contributed by atoms with E-state index in [1.54, 1.807) is 12.1 Å². The number of hydrogen-bond donors (Lipinski definition) is 1. The molecule has 2 aromatic carbocycles. The van der Waals surface area contributed by atoms with Crippen LogP contribution < -0.4 is 4.90 Å². The van der Waals surface area contributed by atoms with Crippen LogP contribution in [0.15, 0.2) is 48.5 Å². The Balaban J connectivity index is 1.28. The second kappa shape index (κ2) is 10.8. The Hall–Kier alpha value is -2.39. The number of hydrogen-bond acceptors (Lipinski definition) is 4. The van der Waals surface area contributed by atoms with Gasteiger partial charge in [0.1, 0.15) is 5.82 Å². The van der Waals surface area contributed by atoms with Gasteiger partial charge in [-0.1, -0.05) is 36.1 Å². The summed E-state index contributed by atoms with van der Waals surface area (Å²) in [5.41, 5.74) is 3.05. The largest absolute Gasteiger partial charge is 0.395 e.